The van der Waals surface area contributed by atoms with E-state index >= 15 is 0 Å². The Bertz CT molecular complexity index is 985. The fourth-order valence-electron chi connectivity index (χ4n) is 3.36. The first-order valence-electron chi connectivity index (χ1n) is 9.05. The summed E-state index contributed by atoms with van der Waals surface area (Å²) in [4.78, 5) is 13.2. The topological polar surface area (TPSA) is 35.5 Å². The molecule has 0 spiro atoms. The van der Waals surface area contributed by atoms with Crippen molar-refractivity contribution in [3.63, 3.8) is 0 Å². The van der Waals surface area contributed by atoms with E-state index in [9.17, 15) is 4.79 Å². The predicted molar refractivity (Wildman–Crippen MR) is 113 cm³/mol. The number of allylic oxidation sites excluding steroid dienone is 2. The molecular weight excluding hydrogens is 348 g/mol. The van der Waals surface area contributed by atoms with Crippen molar-refractivity contribution in [2.45, 2.75) is 0 Å². The van der Waals surface area contributed by atoms with E-state index in [-0.39, 0.29) is 5.78 Å². The quantitative estimate of drug-likeness (QED) is 0.581. The van der Waals surface area contributed by atoms with E-state index in [2.05, 4.69) is 0 Å². The Balaban J connectivity index is 1.76. The number of ketones is 1. The molecule has 0 aromatic heterocycles. The van der Waals surface area contributed by atoms with E-state index in [4.69, 9.17) is 9.47 Å². The van der Waals surface area contributed by atoms with Crippen LogP contribution in [0.2, 0.25) is 0 Å². The van der Waals surface area contributed by atoms with Gasteiger partial charge in [0.25, 0.3) is 0 Å². The Labute approximate surface area is 164 Å². The first kappa shape index (κ1) is 17.8. The smallest absolute Gasteiger partial charge is 0.194 e. The van der Waals surface area contributed by atoms with Gasteiger partial charge in [-0.1, -0.05) is 48.5 Å². The van der Waals surface area contributed by atoms with Crippen molar-refractivity contribution < 1.29 is 14.3 Å². The second kappa shape index (κ2) is 7.57. The molecule has 4 rings (SSSR count). The van der Waals surface area contributed by atoms with Crippen LogP contribution in [0.3, 0.4) is 0 Å². The molecule has 3 aromatic rings. The number of methoxy groups -OCH3 is 2. The number of Topliss-reactive ketones (excluding diaryl/α,β-unsaturated/α-hetero) is 1. The van der Waals surface area contributed by atoms with Crippen LogP contribution in [0, 0.1) is 0 Å². The van der Waals surface area contributed by atoms with Gasteiger partial charge in [-0.15, -0.1) is 0 Å². The maximum absolute atomic E-state index is 13.2. The highest BCUT2D eigenvalue weighted by Crippen LogP contribution is 2.39. The fourth-order valence-corrected chi connectivity index (χ4v) is 3.36. The number of carbonyl (C=O) groups is 1. The van der Waals surface area contributed by atoms with E-state index < -0.39 is 0 Å². The highest BCUT2D eigenvalue weighted by atomic mass is 16.5. The molecule has 0 bridgehead atoms. The van der Waals surface area contributed by atoms with Gasteiger partial charge < -0.3 is 9.47 Å². The minimum Gasteiger partial charge on any atom is -0.497 e. The van der Waals surface area contributed by atoms with Gasteiger partial charge in [-0.2, -0.15) is 0 Å². The Morgan fingerprint density at radius 1 is 0.607 bits per heavy atom. The lowest BCUT2D eigenvalue weighted by molar-refractivity contribution is -0.108. The Hall–Kier alpha value is -3.59. The van der Waals surface area contributed by atoms with Crippen LogP contribution in [0.15, 0.2) is 72.8 Å². The molecule has 0 amide bonds. The van der Waals surface area contributed by atoms with Gasteiger partial charge >= 0.3 is 0 Å². The lowest BCUT2D eigenvalue weighted by Gasteiger charge is -2.02. The van der Waals surface area contributed by atoms with Gasteiger partial charge in [-0.3, -0.25) is 4.79 Å². The van der Waals surface area contributed by atoms with Gasteiger partial charge in [0.05, 0.1) is 14.2 Å². The minimum atomic E-state index is 0.0350. The minimum absolute atomic E-state index is 0.0350. The summed E-state index contributed by atoms with van der Waals surface area (Å²) < 4.78 is 10.4. The van der Waals surface area contributed by atoms with Crippen LogP contribution in [-0.2, 0) is 4.79 Å². The molecule has 0 aliphatic heterocycles. The summed E-state index contributed by atoms with van der Waals surface area (Å²) in [6.45, 7) is 0. The summed E-state index contributed by atoms with van der Waals surface area (Å²) in [5, 5.41) is 0. The number of hydrogen-bond acceptors (Lipinski definition) is 3. The van der Waals surface area contributed by atoms with Crippen molar-refractivity contribution in [1.29, 1.82) is 0 Å². The Morgan fingerprint density at radius 2 is 1.00 bits per heavy atom. The number of rotatable bonds is 4. The Kier molecular flexibility index (Phi) is 4.81. The average Bonchev–Trinajstić information content (AvgIpc) is 3.01. The number of fused-ring (bicyclic) bond motifs is 1. The second-order valence-electron chi connectivity index (χ2n) is 6.54. The molecule has 3 heteroatoms. The van der Waals surface area contributed by atoms with Crippen LogP contribution in [0.1, 0.15) is 22.3 Å². The van der Waals surface area contributed by atoms with Crippen molar-refractivity contribution in [3.05, 3.63) is 95.1 Å². The number of ether oxygens (including phenoxy) is 2. The van der Waals surface area contributed by atoms with Crippen LogP contribution in [0.5, 0.6) is 11.5 Å². The normalized spacial score (nSPS) is 15.7. The monoisotopic (exact) mass is 368 g/mol. The molecule has 138 valence electrons. The largest absolute Gasteiger partial charge is 0.497 e. The van der Waals surface area contributed by atoms with Crippen molar-refractivity contribution >= 4 is 29.1 Å². The summed E-state index contributed by atoms with van der Waals surface area (Å²) in [6.07, 6.45) is 3.88. The maximum Gasteiger partial charge on any atom is 0.194 e. The fraction of sp³-hybridized carbons (Fsp3) is 0.0800. The van der Waals surface area contributed by atoms with E-state index in [0.717, 1.165) is 33.8 Å². The number of carbonyl (C=O) groups excluding carboxylic acids is 1. The highest BCUT2D eigenvalue weighted by Gasteiger charge is 2.29. The Morgan fingerprint density at radius 3 is 1.36 bits per heavy atom. The van der Waals surface area contributed by atoms with Crippen LogP contribution < -0.4 is 9.47 Å². The third kappa shape index (κ3) is 3.35. The van der Waals surface area contributed by atoms with Gasteiger partial charge in [0.2, 0.25) is 0 Å². The van der Waals surface area contributed by atoms with Crippen LogP contribution in [0.25, 0.3) is 23.3 Å². The second-order valence-corrected chi connectivity index (χ2v) is 6.54. The van der Waals surface area contributed by atoms with E-state index in [1.54, 1.807) is 14.2 Å². The third-order valence-electron chi connectivity index (χ3n) is 4.85. The maximum atomic E-state index is 13.2. The van der Waals surface area contributed by atoms with Gasteiger partial charge in [-0.05, 0) is 58.7 Å². The molecule has 0 unspecified atom stereocenters. The summed E-state index contributed by atoms with van der Waals surface area (Å²) in [5.74, 6) is 1.62. The zero-order valence-electron chi connectivity index (χ0n) is 15.8. The molecule has 0 saturated heterocycles. The summed E-state index contributed by atoms with van der Waals surface area (Å²) in [7, 11) is 3.28. The zero-order chi connectivity index (χ0) is 19.5. The molecular formula is C25H20O3. The molecule has 0 fully saturated rings. The molecule has 28 heavy (non-hydrogen) atoms. The first-order valence-corrected chi connectivity index (χ1v) is 9.05. The van der Waals surface area contributed by atoms with Crippen molar-refractivity contribution in [2.24, 2.45) is 0 Å². The molecule has 1 aliphatic rings. The third-order valence-corrected chi connectivity index (χ3v) is 4.85. The zero-order valence-corrected chi connectivity index (χ0v) is 15.8. The molecule has 3 nitrogen and oxygen atoms in total. The molecule has 0 saturated carbocycles. The molecule has 1 aliphatic carbocycles. The van der Waals surface area contributed by atoms with Crippen molar-refractivity contribution in [3.8, 4) is 11.5 Å². The molecule has 3 aromatic carbocycles. The molecule has 0 heterocycles. The SMILES string of the molecule is COc1ccc(/C=C2\C(=O)/C(=C\c3ccc(OC)cc3)c3ccccc32)cc1. The predicted octanol–water partition coefficient (Wildman–Crippen LogP) is 5.37. The summed E-state index contributed by atoms with van der Waals surface area (Å²) in [6, 6.07) is 23.3. The summed E-state index contributed by atoms with van der Waals surface area (Å²) in [5.41, 5.74) is 5.27. The van der Waals surface area contributed by atoms with E-state index in [1.807, 2.05) is 84.9 Å². The summed E-state index contributed by atoms with van der Waals surface area (Å²) >= 11 is 0. The van der Waals surface area contributed by atoms with E-state index in [0.29, 0.717) is 11.1 Å². The molecule has 0 N–H and O–H groups in total. The van der Waals surface area contributed by atoms with Crippen molar-refractivity contribution in [1.82, 2.24) is 0 Å². The van der Waals surface area contributed by atoms with Gasteiger partial charge in [0.1, 0.15) is 11.5 Å². The van der Waals surface area contributed by atoms with Gasteiger partial charge in [-0.25, -0.2) is 0 Å². The van der Waals surface area contributed by atoms with Crippen molar-refractivity contribution in [2.75, 3.05) is 14.2 Å². The van der Waals surface area contributed by atoms with Gasteiger partial charge in [0.15, 0.2) is 5.78 Å². The lowest BCUT2D eigenvalue weighted by atomic mass is 10.0. The first-order chi connectivity index (χ1) is 13.7. The van der Waals surface area contributed by atoms with E-state index in [1.165, 1.54) is 0 Å². The standard InChI is InChI=1S/C25H20O3/c1-27-19-11-7-17(8-12-19)15-23-21-5-3-4-6-22(21)24(25(23)26)16-18-9-13-20(28-2)14-10-18/h3-16H,1-2H3/b23-15-,24-16-. The molecule has 0 radical (unpaired) electrons. The lowest BCUT2D eigenvalue weighted by Crippen LogP contribution is -1.94. The van der Waals surface area contributed by atoms with Crippen LogP contribution in [0.4, 0.5) is 0 Å². The highest BCUT2D eigenvalue weighted by molar-refractivity contribution is 6.51. The van der Waals surface area contributed by atoms with Gasteiger partial charge in [0, 0.05) is 11.1 Å². The molecule has 0 atom stereocenters. The van der Waals surface area contributed by atoms with Crippen LogP contribution in [-0.4, -0.2) is 20.0 Å². The number of hydrogen-bond donors (Lipinski definition) is 0. The average molecular weight is 368 g/mol. The van der Waals surface area contributed by atoms with Crippen LogP contribution >= 0.6 is 0 Å². The number of benzene rings is 3.